The summed E-state index contributed by atoms with van der Waals surface area (Å²) in [6, 6.07) is 2.96. The molecule has 0 aromatic heterocycles. The minimum Gasteiger partial charge on any atom is -0.389 e. The van der Waals surface area contributed by atoms with Gasteiger partial charge in [-0.25, -0.2) is 8.78 Å². The Bertz CT molecular complexity index is 547. The fourth-order valence-electron chi connectivity index (χ4n) is 1.71. The second-order valence-corrected chi connectivity index (χ2v) is 5.11. The van der Waals surface area contributed by atoms with Crippen LogP contribution in [0.3, 0.4) is 0 Å². The van der Waals surface area contributed by atoms with Crippen molar-refractivity contribution in [3.8, 4) is 0 Å². The number of nitrogens with two attached hydrogens (primary N) is 1. The molecular weight excluding hydrogens is 284 g/mol. The third kappa shape index (κ3) is 3.63. The number of anilines is 1. The third-order valence-corrected chi connectivity index (χ3v) is 3.18. The zero-order chi connectivity index (χ0) is 14.7. The van der Waals surface area contributed by atoms with Crippen LogP contribution in [0.25, 0.3) is 0 Å². The predicted molar refractivity (Wildman–Crippen MR) is 76.5 cm³/mol. The molecule has 1 fully saturated rings. The average Bonchev–Trinajstić information content (AvgIpc) is 3.18. The molecule has 4 nitrogen and oxygen atoms in total. The highest BCUT2D eigenvalue weighted by molar-refractivity contribution is 7.80. The van der Waals surface area contributed by atoms with Crippen molar-refractivity contribution in [3.05, 3.63) is 29.3 Å². The third-order valence-electron chi connectivity index (χ3n) is 2.96. The van der Waals surface area contributed by atoms with Gasteiger partial charge in [0, 0.05) is 24.6 Å². The van der Waals surface area contributed by atoms with Crippen LogP contribution >= 0.6 is 12.2 Å². The van der Waals surface area contributed by atoms with E-state index in [9.17, 15) is 13.6 Å². The van der Waals surface area contributed by atoms with Gasteiger partial charge in [-0.2, -0.15) is 0 Å². The van der Waals surface area contributed by atoms with Crippen LogP contribution in [-0.2, 0) is 4.79 Å². The maximum absolute atomic E-state index is 13.7. The Labute approximate surface area is 120 Å². The quantitative estimate of drug-likeness (QED) is 0.699. The zero-order valence-electron chi connectivity index (χ0n) is 10.7. The summed E-state index contributed by atoms with van der Waals surface area (Å²) in [5, 5.41) is 5.49. The normalized spacial score (nSPS) is 13.9. The minimum atomic E-state index is -1.08. The number of nitrogens with one attached hydrogen (secondary N) is 2. The number of carbonyl (C=O) groups excluding carboxylic acids is 1. The molecule has 2 rings (SSSR count). The number of carbonyl (C=O) groups is 1. The van der Waals surface area contributed by atoms with E-state index in [0.717, 1.165) is 12.8 Å². The second-order valence-electron chi connectivity index (χ2n) is 4.67. The van der Waals surface area contributed by atoms with Gasteiger partial charge in [-0.3, -0.25) is 4.79 Å². The molecule has 0 atom stereocenters. The molecule has 1 aliphatic carbocycles. The first-order valence-electron chi connectivity index (χ1n) is 6.30. The van der Waals surface area contributed by atoms with Gasteiger partial charge in [-0.05, 0) is 25.0 Å². The van der Waals surface area contributed by atoms with Crippen LogP contribution in [0.5, 0.6) is 0 Å². The van der Waals surface area contributed by atoms with Crippen molar-refractivity contribution in [2.75, 3.05) is 11.9 Å². The van der Waals surface area contributed by atoms with Crippen molar-refractivity contribution in [1.82, 2.24) is 5.32 Å². The zero-order valence-corrected chi connectivity index (χ0v) is 11.5. The molecule has 0 bridgehead atoms. The molecule has 1 aromatic rings. The highest BCUT2D eigenvalue weighted by atomic mass is 32.1. The van der Waals surface area contributed by atoms with Gasteiger partial charge in [-0.15, -0.1) is 0 Å². The topological polar surface area (TPSA) is 67.1 Å². The van der Waals surface area contributed by atoms with E-state index in [0.29, 0.717) is 6.04 Å². The SMILES string of the molecule is NC(=S)c1ccc(NCCC(=O)NC2CC2)c(F)c1F. The highest BCUT2D eigenvalue weighted by Gasteiger charge is 2.22. The van der Waals surface area contributed by atoms with E-state index in [1.807, 2.05) is 0 Å². The van der Waals surface area contributed by atoms with E-state index in [4.69, 9.17) is 5.73 Å². The summed E-state index contributed by atoms with van der Waals surface area (Å²) < 4.78 is 27.3. The molecular formula is C13H15F2N3OS. The molecule has 1 saturated carbocycles. The van der Waals surface area contributed by atoms with E-state index >= 15 is 0 Å². The van der Waals surface area contributed by atoms with Crippen LogP contribution in [0, 0.1) is 11.6 Å². The molecule has 1 aromatic carbocycles. The monoisotopic (exact) mass is 299 g/mol. The fourth-order valence-corrected chi connectivity index (χ4v) is 1.87. The maximum atomic E-state index is 13.7. The number of hydrogen-bond donors (Lipinski definition) is 3. The summed E-state index contributed by atoms with van der Waals surface area (Å²) >= 11 is 4.62. The molecule has 20 heavy (non-hydrogen) atoms. The van der Waals surface area contributed by atoms with E-state index in [-0.39, 0.29) is 35.1 Å². The predicted octanol–water partition coefficient (Wildman–Crippen LogP) is 1.68. The molecule has 0 heterocycles. The number of thiocarbonyl (C=S) groups is 1. The van der Waals surface area contributed by atoms with Crippen LogP contribution in [0.1, 0.15) is 24.8 Å². The molecule has 1 amide bonds. The summed E-state index contributed by atoms with van der Waals surface area (Å²) in [7, 11) is 0. The van der Waals surface area contributed by atoms with Crippen LogP contribution < -0.4 is 16.4 Å². The lowest BCUT2D eigenvalue weighted by Gasteiger charge is -2.10. The van der Waals surface area contributed by atoms with Gasteiger partial charge in [0.1, 0.15) is 4.99 Å². The summed E-state index contributed by atoms with van der Waals surface area (Å²) in [6.07, 6.45) is 2.23. The Morgan fingerprint density at radius 3 is 2.65 bits per heavy atom. The van der Waals surface area contributed by atoms with E-state index in [1.165, 1.54) is 12.1 Å². The first kappa shape index (κ1) is 14.6. The summed E-state index contributed by atoms with van der Waals surface area (Å²) in [4.78, 5) is 11.2. The van der Waals surface area contributed by atoms with Gasteiger partial charge in [0.05, 0.1) is 5.69 Å². The van der Waals surface area contributed by atoms with Gasteiger partial charge in [0.2, 0.25) is 5.91 Å². The van der Waals surface area contributed by atoms with Crippen molar-refractivity contribution in [2.24, 2.45) is 5.73 Å². The number of benzene rings is 1. The Morgan fingerprint density at radius 1 is 1.35 bits per heavy atom. The summed E-state index contributed by atoms with van der Waals surface area (Å²) in [5.41, 5.74) is 5.13. The maximum Gasteiger partial charge on any atom is 0.221 e. The van der Waals surface area contributed by atoms with Gasteiger partial charge in [-0.1, -0.05) is 12.2 Å². The molecule has 0 spiro atoms. The summed E-state index contributed by atoms with van der Waals surface area (Å²) in [6.45, 7) is 0.224. The Kier molecular flexibility index (Phi) is 4.49. The standard InChI is InChI=1S/C13H15F2N3OS/c14-11-8(13(16)20)3-4-9(12(11)15)17-6-5-10(19)18-7-1-2-7/h3-4,7,17H,1-2,5-6H2,(H2,16,20)(H,18,19). The lowest BCUT2D eigenvalue weighted by atomic mass is 10.1. The Hall–Kier alpha value is -1.76. The molecule has 7 heteroatoms. The van der Waals surface area contributed by atoms with Gasteiger partial charge < -0.3 is 16.4 Å². The number of rotatable bonds is 6. The smallest absolute Gasteiger partial charge is 0.221 e. The van der Waals surface area contributed by atoms with Crippen molar-refractivity contribution in [3.63, 3.8) is 0 Å². The molecule has 0 radical (unpaired) electrons. The molecule has 108 valence electrons. The Balaban J connectivity index is 1.90. The number of hydrogen-bond acceptors (Lipinski definition) is 3. The van der Waals surface area contributed by atoms with Crippen molar-refractivity contribution in [2.45, 2.75) is 25.3 Å². The summed E-state index contributed by atoms with van der Waals surface area (Å²) in [5.74, 6) is -2.22. The molecule has 4 N–H and O–H groups in total. The van der Waals surface area contributed by atoms with E-state index in [2.05, 4.69) is 22.9 Å². The second kappa shape index (κ2) is 6.13. The van der Waals surface area contributed by atoms with Gasteiger partial charge in [0.25, 0.3) is 0 Å². The van der Waals surface area contributed by atoms with Gasteiger partial charge in [0.15, 0.2) is 11.6 Å². The minimum absolute atomic E-state index is 0.0123. The lowest BCUT2D eigenvalue weighted by molar-refractivity contribution is -0.120. The first-order valence-corrected chi connectivity index (χ1v) is 6.71. The molecule has 0 aliphatic heterocycles. The van der Waals surface area contributed by atoms with Crippen LogP contribution in [-0.4, -0.2) is 23.5 Å². The van der Waals surface area contributed by atoms with Crippen LogP contribution in [0.2, 0.25) is 0 Å². The number of halogens is 2. The van der Waals surface area contributed by atoms with Gasteiger partial charge >= 0.3 is 0 Å². The molecule has 1 aliphatic rings. The Morgan fingerprint density at radius 2 is 2.05 bits per heavy atom. The van der Waals surface area contributed by atoms with Crippen LogP contribution in [0.4, 0.5) is 14.5 Å². The average molecular weight is 299 g/mol. The molecule has 0 unspecified atom stereocenters. The fraction of sp³-hybridized carbons (Fsp3) is 0.385. The van der Waals surface area contributed by atoms with Crippen LogP contribution in [0.15, 0.2) is 12.1 Å². The van der Waals surface area contributed by atoms with Crippen molar-refractivity contribution >= 4 is 28.8 Å². The molecule has 0 saturated heterocycles. The van der Waals surface area contributed by atoms with E-state index < -0.39 is 11.6 Å². The lowest BCUT2D eigenvalue weighted by Crippen LogP contribution is -2.27. The van der Waals surface area contributed by atoms with Crippen molar-refractivity contribution < 1.29 is 13.6 Å². The van der Waals surface area contributed by atoms with E-state index in [1.54, 1.807) is 0 Å². The highest BCUT2D eigenvalue weighted by Crippen LogP contribution is 2.21. The largest absolute Gasteiger partial charge is 0.389 e. The number of amides is 1. The van der Waals surface area contributed by atoms with Crippen molar-refractivity contribution in [1.29, 1.82) is 0 Å². The first-order chi connectivity index (χ1) is 9.49.